The molecule has 1 aromatic heterocycles. The largest absolute Gasteiger partial charge is 0.289 e. The van der Waals surface area contributed by atoms with Crippen molar-refractivity contribution < 1.29 is 9.18 Å². The van der Waals surface area contributed by atoms with Crippen LogP contribution in [0.1, 0.15) is 27.2 Å². The van der Waals surface area contributed by atoms with E-state index in [4.69, 9.17) is 0 Å². The molecule has 0 amide bonds. The molecule has 2 rings (SSSR count). The highest BCUT2D eigenvalue weighted by molar-refractivity contribution is 6.07. The van der Waals surface area contributed by atoms with E-state index in [1.165, 1.54) is 12.1 Å². The molecular weight excluding hydrogens is 243 g/mol. The quantitative estimate of drug-likeness (QED) is 0.626. The van der Waals surface area contributed by atoms with E-state index in [0.29, 0.717) is 16.8 Å². The van der Waals surface area contributed by atoms with Crippen LogP contribution in [0.15, 0.2) is 30.5 Å². The fraction of sp³-hybridized carbons (Fsp3) is 0.200. The van der Waals surface area contributed by atoms with Crippen LogP contribution in [0.25, 0.3) is 6.08 Å². The van der Waals surface area contributed by atoms with Gasteiger partial charge in [-0.3, -0.25) is 9.48 Å². The van der Waals surface area contributed by atoms with Gasteiger partial charge in [-0.1, -0.05) is 12.1 Å². The number of rotatable bonds is 3. The minimum absolute atomic E-state index is 0.104. The van der Waals surface area contributed by atoms with Crippen LogP contribution in [0.4, 0.5) is 4.39 Å². The number of carbonyl (C=O) groups excluding carboxylic acids is 1. The van der Waals surface area contributed by atoms with Crippen molar-refractivity contribution in [2.45, 2.75) is 13.8 Å². The first kappa shape index (κ1) is 13.2. The van der Waals surface area contributed by atoms with Crippen LogP contribution in [0.3, 0.4) is 0 Å². The summed E-state index contributed by atoms with van der Waals surface area (Å²) in [6.45, 7) is 3.49. The third-order valence-corrected chi connectivity index (χ3v) is 2.89. The molecule has 0 N–H and O–H groups in total. The molecule has 0 saturated carbocycles. The molecule has 98 valence electrons. The Morgan fingerprint density at radius 2 is 2.11 bits per heavy atom. The SMILES string of the molecule is Cc1cc(/C=C\C(=O)c2cn(C)nc2C)ccc1F. The third-order valence-electron chi connectivity index (χ3n) is 2.89. The lowest BCUT2D eigenvalue weighted by Crippen LogP contribution is -1.94. The van der Waals surface area contributed by atoms with E-state index in [2.05, 4.69) is 5.10 Å². The van der Waals surface area contributed by atoms with Crippen molar-refractivity contribution >= 4 is 11.9 Å². The topological polar surface area (TPSA) is 34.9 Å². The Bertz CT molecular complexity index is 656. The minimum atomic E-state index is -0.244. The Labute approximate surface area is 111 Å². The molecular formula is C15H15FN2O. The van der Waals surface area contributed by atoms with Crippen molar-refractivity contribution in [3.8, 4) is 0 Å². The average Bonchev–Trinajstić information content (AvgIpc) is 2.70. The van der Waals surface area contributed by atoms with Crippen LogP contribution in [0.5, 0.6) is 0 Å². The van der Waals surface area contributed by atoms with Gasteiger partial charge in [-0.2, -0.15) is 5.10 Å². The first-order chi connectivity index (χ1) is 8.97. The third kappa shape index (κ3) is 2.96. The molecule has 19 heavy (non-hydrogen) atoms. The van der Waals surface area contributed by atoms with Crippen molar-refractivity contribution in [3.05, 3.63) is 58.7 Å². The number of allylic oxidation sites excluding steroid dienone is 1. The predicted molar refractivity (Wildman–Crippen MR) is 72.4 cm³/mol. The fourth-order valence-corrected chi connectivity index (χ4v) is 1.87. The summed E-state index contributed by atoms with van der Waals surface area (Å²) < 4.78 is 14.7. The summed E-state index contributed by atoms with van der Waals surface area (Å²) in [7, 11) is 1.77. The molecule has 0 spiro atoms. The smallest absolute Gasteiger partial charge is 0.189 e. The zero-order valence-electron chi connectivity index (χ0n) is 11.1. The van der Waals surface area contributed by atoms with Gasteiger partial charge in [0.2, 0.25) is 0 Å². The molecule has 3 nitrogen and oxygen atoms in total. The highest BCUT2D eigenvalue weighted by Crippen LogP contribution is 2.12. The fourth-order valence-electron chi connectivity index (χ4n) is 1.87. The molecule has 0 bridgehead atoms. The van der Waals surface area contributed by atoms with Gasteiger partial charge in [0.1, 0.15) is 5.82 Å². The number of aromatic nitrogens is 2. The maximum Gasteiger partial charge on any atom is 0.189 e. The Morgan fingerprint density at radius 3 is 2.68 bits per heavy atom. The van der Waals surface area contributed by atoms with E-state index in [9.17, 15) is 9.18 Å². The molecule has 0 aliphatic carbocycles. The number of halogens is 1. The predicted octanol–water partition coefficient (Wildman–Crippen LogP) is 3.07. The van der Waals surface area contributed by atoms with Gasteiger partial charge < -0.3 is 0 Å². The lowest BCUT2D eigenvalue weighted by atomic mass is 10.1. The van der Waals surface area contributed by atoms with Crippen molar-refractivity contribution in [3.63, 3.8) is 0 Å². The van der Waals surface area contributed by atoms with Gasteiger partial charge in [-0.15, -0.1) is 0 Å². The first-order valence-corrected chi connectivity index (χ1v) is 5.96. The van der Waals surface area contributed by atoms with Crippen LogP contribution in [-0.4, -0.2) is 15.6 Å². The van der Waals surface area contributed by atoms with Crippen molar-refractivity contribution in [2.75, 3.05) is 0 Å². The number of hydrogen-bond acceptors (Lipinski definition) is 2. The van der Waals surface area contributed by atoms with Gasteiger partial charge in [-0.05, 0) is 43.2 Å². The van der Waals surface area contributed by atoms with E-state index in [1.54, 1.807) is 50.0 Å². The summed E-state index contributed by atoms with van der Waals surface area (Å²) in [5, 5.41) is 4.13. The number of nitrogens with zero attached hydrogens (tertiary/aromatic N) is 2. The molecule has 0 radical (unpaired) electrons. The Hall–Kier alpha value is -2.23. The normalized spacial score (nSPS) is 11.2. The van der Waals surface area contributed by atoms with Gasteiger partial charge in [0.05, 0.1) is 11.3 Å². The molecule has 1 heterocycles. The van der Waals surface area contributed by atoms with Crippen molar-refractivity contribution in [1.29, 1.82) is 0 Å². The number of hydrogen-bond donors (Lipinski definition) is 0. The van der Waals surface area contributed by atoms with Crippen LogP contribution in [0.2, 0.25) is 0 Å². The second-order valence-electron chi connectivity index (χ2n) is 4.51. The first-order valence-electron chi connectivity index (χ1n) is 5.96. The number of ketones is 1. The van der Waals surface area contributed by atoms with Gasteiger partial charge >= 0.3 is 0 Å². The van der Waals surface area contributed by atoms with Gasteiger partial charge in [0.25, 0.3) is 0 Å². The molecule has 0 fully saturated rings. The Balaban J connectivity index is 2.20. The molecule has 0 unspecified atom stereocenters. The van der Waals surface area contributed by atoms with Gasteiger partial charge in [-0.25, -0.2) is 4.39 Å². The lowest BCUT2D eigenvalue weighted by molar-refractivity contribution is 0.104. The van der Waals surface area contributed by atoms with Gasteiger partial charge in [0, 0.05) is 13.2 Å². The Kier molecular flexibility index (Phi) is 3.60. The van der Waals surface area contributed by atoms with Crippen LogP contribution in [-0.2, 0) is 7.05 Å². The second-order valence-corrected chi connectivity index (χ2v) is 4.51. The average molecular weight is 258 g/mol. The summed E-state index contributed by atoms with van der Waals surface area (Å²) >= 11 is 0. The number of aryl methyl sites for hydroxylation is 3. The van der Waals surface area contributed by atoms with Gasteiger partial charge in [0.15, 0.2) is 5.78 Å². The molecule has 4 heteroatoms. The summed E-state index contributed by atoms with van der Waals surface area (Å²) in [6, 6.07) is 4.74. The van der Waals surface area contributed by atoms with E-state index < -0.39 is 0 Å². The maximum absolute atomic E-state index is 13.1. The van der Waals surface area contributed by atoms with E-state index in [0.717, 1.165) is 5.56 Å². The zero-order chi connectivity index (χ0) is 14.0. The Morgan fingerprint density at radius 1 is 1.37 bits per heavy atom. The summed E-state index contributed by atoms with van der Waals surface area (Å²) in [5.74, 6) is -0.348. The zero-order valence-corrected chi connectivity index (χ0v) is 11.1. The van der Waals surface area contributed by atoms with Crippen LogP contribution >= 0.6 is 0 Å². The second kappa shape index (κ2) is 5.18. The molecule has 0 saturated heterocycles. The van der Waals surface area contributed by atoms with E-state index in [1.807, 2.05) is 0 Å². The lowest BCUT2D eigenvalue weighted by Gasteiger charge is -1.98. The van der Waals surface area contributed by atoms with Crippen LogP contribution < -0.4 is 0 Å². The number of benzene rings is 1. The highest BCUT2D eigenvalue weighted by Gasteiger charge is 2.09. The molecule has 0 aliphatic rings. The summed E-state index contributed by atoms with van der Waals surface area (Å²) in [6.07, 6.45) is 4.86. The molecule has 0 aliphatic heterocycles. The molecule has 2 aromatic rings. The summed E-state index contributed by atoms with van der Waals surface area (Å²) in [4.78, 5) is 12.0. The minimum Gasteiger partial charge on any atom is -0.289 e. The van der Waals surface area contributed by atoms with Crippen LogP contribution in [0, 0.1) is 19.7 Å². The van der Waals surface area contributed by atoms with Crippen molar-refractivity contribution in [1.82, 2.24) is 9.78 Å². The van der Waals surface area contributed by atoms with E-state index >= 15 is 0 Å². The van der Waals surface area contributed by atoms with E-state index in [-0.39, 0.29) is 11.6 Å². The molecule has 1 aromatic carbocycles. The maximum atomic E-state index is 13.1. The molecule has 0 atom stereocenters. The number of carbonyl (C=O) groups is 1. The standard InChI is InChI=1S/C15H15FN2O/c1-10-8-12(4-6-14(10)16)5-7-15(19)13-9-18(3)17-11(13)2/h4-9H,1-3H3/b7-5-. The summed E-state index contributed by atoms with van der Waals surface area (Å²) in [5.41, 5.74) is 2.64. The van der Waals surface area contributed by atoms with Crippen molar-refractivity contribution in [2.24, 2.45) is 7.05 Å². The highest BCUT2D eigenvalue weighted by atomic mass is 19.1. The monoisotopic (exact) mass is 258 g/mol.